The summed E-state index contributed by atoms with van der Waals surface area (Å²) < 4.78 is 9.76. The van der Waals surface area contributed by atoms with E-state index in [9.17, 15) is 14.4 Å². The first kappa shape index (κ1) is 24.9. The Morgan fingerprint density at radius 1 is 0.906 bits per heavy atom. The fourth-order valence-electron chi connectivity index (χ4n) is 2.78. The van der Waals surface area contributed by atoms with E-state index in [1.165, 1.54) is 7.11 Å². The molecule has 0 aliphatic heterocycles. The lowest BCUT2D eigenvalue weighted by Crippen LogP contribution is -2.27. The largest absolute Gasteiger partial charge is 0.447 e. The molecule has 2 rings (SSSR count). The van der Waals surface area contributed by atoms with Gasteiger partial charge in [0.2, 0.25) is 5.91 Å². The molecule has 0 spiro atoms. The third-order valence-electron chi connectivity index (χ3n) is 4.56. The number of rotatable bonds is 9. The molecule has 0 unspecified atom stereocenters. The molecular formula is C24H31N3O5. The highest BCUT2D eigenvalue weighted by molar-refractivity contribution is 5.95. The first-order valence-corrected chi connectivity index (χ1v) is 10.4. The molecule has 2 aromatic rings. The fourth-order valence-corrected chi connectivity index (χ4v) is 2.78. The monoisotopic (exact) mass is 441 g/mol. The minimum Gasteiger partial charge on any atom is -0.447 e. The molecular weight excluding hydrogens is 410 g/mol. The van der Waals surface area contributed by atoms with Crippen molar-refractivity contribution in [1.29, 1.82) is 0 Å². The van der Waals surface area contributed by atoms with Crippen LogP contribution in [0.25, 0.3) is 0 Å². The maximum absolute atomic E-state index is 12.3. The summed E-state index contributed by atoms with van der Waals surface area (Å²) >= 11 is 0. The van der Waals surface area contributed by atoms with Crippen molar-refractivity contribution in [3.63, 3.8) is 0 Å². The standard InChI is InChI=1S/C24H31N3O5/c1-24(2,3)18-10-8-17(9-11-18)22(29)25-13-12-21(28)26-19-6-5-7-20(16-19)27-23(30)32-15-14-31-4/h5-11,16H,12-15H2,1-4H3,(H,25,29)(H,26,28)(H,27,30). The lowest BCUT2D eigenvalue weighted by molar-refractivity contribution is -0.116. The van der Waals surface area contributed by atoms with Gasteiger partial charge in [0, 0.05) is 37.0 Å². The molecule has 8 nitrogen and oxygen atoms in total. The van der Waals surface area contributed by atoms with Crippen LogP contribution >= 0.6 is 0 Å². The maximum atomic E-state index is 12.3. The minimum absolute atomic E-state index is 0.0181. The van der Waals surface area contributed by atoms with E-state index in [1.807, 2.05) is 12.1 Å². The Hall–Kier alpha value is -3.39. The van der Waals surface area contributed by atoms with Crippen molar-refractivity contribution < 1.29 is 23.9 Å². The van der Waals surface area contributed by atoms with Crippen molar-refractivity contribution in [3.8, 4) is 0 Å². The molecule has 3 amide bonds. The second-order valence-corrected chi connectivity index (χ2v) is 8.22. The van der Waals surface area contributed by atoms with Gasteiger partial charge >= 0.3 is 6.09 Å². The third kappa shape index (κ3) is 8.39. The number of benzene rings is 2. The number of methoxy groups -OCH3 is 1. The average molecular weight is 442 g/mol. The van der Waals surface area contributed by atoms with E-state index in [1.54, 1.807) is 36.4 Å². The molecule has 0 saturated carbocycles. The van der Waals surface area contributed by atoms with Gasteiger partial charge in [-0.15, -0.1) is 0 Å². The molecule has 0 bridgehead atoms. The van der Waals surface area contributed by atoms with Gasteiger partial charge < -0.3 is 20.1 Å². The Labute approximate surface area is 188 Å². The van der Waals surface area contributed by atoms with Crippen LogP contribution in [0.5, 0.6) is 0 Å². The molecule has 0 aromatic heterocycles. The van der Waals surface area contributed by atoms with Crippen LogP contribution in [-0.2, 0) is 19.7 Å². The summed E-state index contributed by atoms with van der Waals surface area (Å²) in [6, 6.07) is 14.1. The molecule has 2 aromatic carbocycles. The van der Waals surface area contributed by atoms with E-state index in [0.29, 0.717) is 23.5 Å². The molecule has 32 heavy (non-hydrogen) atoms. The van der Waals surface area contributed by atoms with Crippen molar-refractivity contribution in [1.82, 2.24) is 5.32 Å². The maximum Gasteiger partial charge on any atom is 0.411 e. The van der Waals surface area contributed by atoms with E-state index in [0.717, 1.165) is 5.56 Å². The quantitative estimate of drug-likeness (QED) is 0.511. The van der Waals surface area contributed by atoms with E-state index >= 15 is 0 Å². The van der Waals surface area contributed by atoms with Gasteiger partial charge in [-0.25, -0.2) is 4.79 Å². The molecule has 0 aliphatic rings. The molecule has 0 saturated heterocycles. The molecule has 0 atom stereocenters. The fraction of sp³-hybridized carbons (Fsp3) is 0.375. The average Bonchev–Trinajstić information content (AvgIpc) is 2.73. The first-order chi connectivity index (χ1) is 15.2. The Morgan fingerprint density at radius 2 is 1.56 bits per heavy atom. The zero-order valence-electron chi connectivity index (χ0n) is 19.0. The molecule has 0 aliphatic carbocycles. The highest BCUT2D eigenvalue weighted by Crippen LogP contribution is 2.22. The SMILES string of the molecule is COCCOC(=O)Nc1cccc(NC(=O)CCNC(=O)c2ccc(C(C)(C)C)cc2)c1. The summed E-state index contributed by atoms with van der Waals surface area (Å²) in [5.41, 5.74) is 2.72. The van der Waals surface area contributed by atoms with Crippen molar-refractivity contribution >= 4 is 29.3 Å². The highest BCUT2D eigenvalue weighted by Gasteiger charge is 2.14. The van der Waals surface area contributed by atoms with Crippen molar-refractivity contribution in [2.24, 2.45) is 0 Å². The van der Waals surface area contributed by atoms with E-state index in [2.05, 4.69) is 36.7 Å². The number of hydrogen-bond acceptors (Lipinski definition) is 5. The number of amides is 3. The lowest BCUT2D eigenvalue weighted by Gasteiger charge is -2.19. The van der Waals surface area contributed by atoms with Crippen LogP contribution in [0.3, 0.4) is 0 Å². The zero-order valence-corrected chi connectivity index (χ0v) is 19.0. The molecule has 0 radical (unpaired) electrons. The second kappa shape index (κ2) is 11.9. The van der Waals surface area contributed by atoms with Crippen molar-refractivity contribution in [2.75, 3.05) is 37.5 Å². The van der Waals surface area contributed by atoms with Crippen molar-refractivity contribution in [3.05, 3.63) is 59.7 Å². The molecule has 0 fully saturated rings. The highest BCUT2D eigenvalue weighted by atomic mass is 16.6. The number of hydrogen-bond donors (Lipinski definition) is 3. The van der Waals surface area contributed by atoms with E-state index in [4.69, 9.17) is 9.47 Å². The summed E-state index contributed by atoms with van der Waals surface area (Å²) in [6.07, 6.45) is -0.494. The number of carbonyl (C=O) groups is 3. The summed E-state index contributed by atoms with van der Waals surface area (Å²) in [5, 5.41) is 8.07. The zero-order chi connectivity index (χ0) is 23.6. The normalized spacial score (nSPS) is 10.9. The lowest BCUT2D eigenvalue weighted by atomic mass is 9.87. The smallest absolute Gasteiger partial charge is 0.411 e. The minimum atomic E-state index is -0.608. The Kier molecular flexibility index (Phi) is 9.22. The third-order valence-corrected chi connectivity index (χ3v) is 4.56. The van der Waals surface area contributed by atoms with Crippen LogP contribution in [0.1, 0.15) is 43.1 Å². The summed E-state index contributed by atoms with van der Waals surface area (Å²) in [4.78, 5) is 36.2. The summed E-state index contributed by atoms with van der Waals surface area (Å²) in [5.74, 6) is -0.482. The van der Waals surface area contributed by atoms with Crippen LogP contribution in [0.2, 0.25) is 0 Å². The van der Waals surface area contributed by atoms with Gasteiger partial charge in [0.25, 0.3) is 5.91 Å². The molecule has 172 valence electrons. The van der Waals surface area contributed by atoms with Crippen LogP contribution < -0.4 is 16.0 Å². The van der Waals surface area contributed by atoms with Crippen LogP contribution in [0, 0.1) is 0 Å². The predicted octanol–water partition coefficient (Wildman–Crippen LogP) is 3.94. The molecule has 3 N–H and O–H groups in total. The predicted molar refractivity (Wildman–Crippen MR) is 124 cm³/mol. The number of carbonyl (C=O) groups excluding carboxylic acids is 3. The Bertz CT molecular complexity index is 920. The van der Waals surface area contributed by atoms with Gasteiger partial charge in [-0.2, -0.15) is 0 Å². The van der Waals surface area contributed by atoms with Crippen LogP contribution in [0.15, 0.2) is 48.5 Å². The summed E-state index contributed by atoms with van der Waals surface area (Å²) in [6.45, 7) is 6.99. The van der Waals surface area contributed by atoms with Crippen LogP contribution in [0.4, 0.5) is 16.2 Å². The van der Waals surface area contributed by atoms with Crippen LogP contribution in [-0.4, -0.2) is 44.8 Å². The van der Waals surface area contributed by atoms with E-state index in [-0.39, 0.29) is 36.8 Å². The van der Waals surface area contributed by atoms with Gasteiger partial charge in [0.05, 0.1) is 6.61 Å². The molecule has 8 heteroatoms. The molecule has 0 heterocycles. The van der Waals surface area contributed by atoms with Gasteiger partial charge in [-0.05, 0) is 41.3 Å². The Balaban J connectivity index is 1.78. The summed E-state index contributed by atoms with van der Waals surface area (Å²) in [7, 11) is 1.52. The topological polar surface area (TPSA) is 106 Å². The van der Waals surface area contributed by atoms with Gasteiger partial charge in [-0.3, -0.25) is 14.9 Å². The number of anilines is 2. The Morgan fingerprint density at radius 3 is 2.19 bits per heavy atom. The van der Waals surface area contributed by atoms with Gasteiger partial charge in [0.15, 0.2) is 0 Å². The first-order valence-electron chi connectivity index (χ1n) is 10.4. The van der Waals surface area contributed by atoms with Gasteiger partial charge in [-0.1, -0.05) is 39.0 Å². The second-order valence-electron chi connectivity index (χ2n) is 8.22. The van der Waals surface area contributed by atoms with E-state index < -0.39 is 6.09 Å². The number of ether oxygens (including phenoxy) is 2. The van der Waals surface area contributed by atoms with Crippen molar-refractivity contribution in [2.45, 2.75) is 32.6 Å². The van der Waals surface area contributed by atoms with Gasteiger partial charge in [0.1, 0.15) is 6.61 Å². The number of nitrogens with one attached hydrogen (secondary N) is 3.